The molecule has 1 aliphatic heterocycles. The lowest BCUT2D eigenvalue weighted by Crippen LogP contribution is -2.40. The number of ether oxygens (including phenoxy) is 1. The first-order valence-corrected chi connectivity index (χ1v) is 8.52. The van der Waals surface area contributed by atoms with Gasteiger partial charge in [0.25, 0.3) is 5.91 Å². The van der Waals surface area contributed by atoms with Crippen molar-refractivity contribution in [1.29, 1.82) is 0 Å². The number of thiophene rings is 1. The smallest absolute Gasteiger partial charge is 0.261 e. The topological polar surface area (TPSA) is 56.1 Å². The Morgan fingerprint density at radius 3 is 3.18 bits per heavy atom. The van der Waals surface area contributed by atoms with Crippen LogP contribution in [0.4, 0.5) is 0 Å². The fraction of sp³-hybridized carbons (Fsp3) is 0.500. The van der Waals surface area contributed by atoms with Gasteiger partial charge in [0, 0.05) is 19.7 Å². The molecule has 2 unspecified atom stereocenters. The molecule has 5 nitrogen and oxygen atoms in total. The molecule has 3 rings (SSSR count). The molecule has 2 aromatic rings. The standard InChI is InChI=1S/C16H21N3O2S/c1-3-11-5-7-22-15(11)16(20)18-12-4-6-21-14(8-12)13-9-17-10-19(13)2/h5,7,9-10,12,14H,3-4,6,8H2,1-2H3,(H,18,20). The summed E-state index contributed by atoms with van der Waals surface area (Å²) in [5.74, 6) is 0.0440. The Morgan fingerprint density at radius 2 is 2.45 bits per heavy atom. The maximum absolute atomic E-state index is 12.5. The number of carbonyl (C=O) groups is 1. The third-order valence-electron chi connectivity index (χ3n) is 4.14. The summed E-state index contributed by atoms with van der Waals surface area (Å²) in [5, 5.41) is 5.15. The van der Waals surface area contributed by atoms with Gasteiger partial charge in [-0.1, -0.05) is 6.92 Å². The van der Waals surface area contributed by atoms with Gasteiger partial charge in [-0.05, 0) is 36.3 Å². The van der Waals surface area contributed by atoms with Gasteiger partial charge in [0.2, 0.25) is 0 Å². The van der Waals surface area contributed by atoms with Crippen molar-refractivity contribution in [2.75, 3.05) is 6.61 Å². The van der Waals surface area contributed by atoms with Gasteiger partial charge in [-0.15, -0.1) is 11.3 Å². The zero-order chi connectivity index (χ0) is 15.5. The predicted octanol–water partition coefficient (Wildman–Crippen LogP) is 2.69. The minimum atomic E-state index is 0.000492. The molecule has 1 fully saturated rings. The van der Waals surface area contributed by atoms with Crippen molar-refractivity contribution in [3.8, 4) is 0 Å². The summed E-state index contributed by atoms with van der Waals surface area (Å²) < 4.78 is 7.82. The van der Waals surface area contributed by atoms with E-state index < -0.39 is 0 Å². The summed E-state index contributed by atoms with van der Waals surface area (Å²) in [7, 11) is 1.97. The molecule has 3 heterocycles. The molecule has 1 aliphatic rings. The second-order valence-electron chi connectivity index (χ2n) is 5.61. The molecule has 2 atom stereocenters. The van der Waals surface area contributed by atoms with Crippen LogP contribution >= 0.6 is 11.3 Å². The fourth-order valence-corrected chi connectivity index (χ4v) is 3.77. The van der Waals surface area contributed by atoms with Gasteiger partial charge in [0.15, 0.2) is 0 Å². The number of carbonyl (C=O) groups excluding carboxylic acids is 1. The highest BCUT2D eigenvalue weighted by molar-refractivity contribution is 7.12. The molecule has 0 bridgehead atoms. The summed E-state index contributed by atoms with van der Waals surface area (Å²) in [5.41, 5.74) is 2.18. The van der Waals surface area contributed by atoms with Gasteiger partial charge >= 0.3 is 0 Å². The molecule has 0 spiro atoms. The van der Waals surface area contributed by atoms with Gasteiger partial charge in [-0.3, -0.25) is 4.79 Å². The first-order chi connectivity index (χ1) is 10.7. The number of imidazole rings is 1. The predicted molar refractivity (Wildman–Crippen MR) is 86.1 cm³/mol. The third kappa shape index (κ3) is 3.08. The van der Waals surface area contributed by atoms with Crippen LogP contribution in [0.5, 0.6) is 0 Å². The van der Waals surface area contributed by atoms with E-state index in [2.05, 4.69) is 17.2 Å². The summed E-state index contributed by atoms with van der Waals surface area (Å²) in [6.07, 6.45) is 6.15. The van der Waals surface area contributed by atoms with Crippen molar-refractivity contribution in [2.45, 2.75) is 38.3 Å². The first kappa shape index (κ1) is 15.2. The number of hydrogen-bond donors (Lipinski definition) is 1. The molecule has 118 valence electrons. The van der Waals surface area contributed by atoms with Crippen LogP contribution in [0, 0.1) is 0 Å². The normalized spacial score (nSPS) is 21.7. The van der Waals surface area contributed by atoms with E-state index in [0.717, 1.165) is 35.4 Å². The lowest BCUT2D eigenvalue weighted by atomic mass is 10.0. The van der Waals surface area contributed by atoms with E-state index >= 15 is 0 Å². The maximum atomic E-state index is 12.5. The summed E-state index contributed by atoms with van der Waals surface area (Å²) in [6, 6.07) is 2.18. The fourth-order valence-electron chi connectivity index (χ4n) is 2.88. The second kappa shape index (κ2) is 6.62. The third-order valence-corrected chi connectivity index (χ3v) is 5.09. The van der Waals surface area contributed by atoms with Crippen LogP contribution in [0.2, 0.25) is 0 Å². The van der Waals surface area contributed by atoms with Crippen molar-refractivity contribution in [3.63, 3.8) is 0 Å². The zero-order valence-electron chi connectivity index (χ0n) is 12.9. The van der Waals surface area contributed by atoms with Gasteiger partial charge in [-0.2, -0.15) is 0 Å². The first-order valence-electron chi connectivity index (χ1n) is 7.64. The van der Waals surface area contributed by atoms with Crippen molar-refractivity contribution in [3.05, 3.63) is 40.1 Å². The molecular weight excluding hydrogens is 298 g/mol. The molecule has 0 aliphatic carbocycles. The average Bonchev–Trinajstić information content (AvgIpc) is 3.15. The number of nitrogens with one attached hydrogen (secondary N) is 1. The Hall–Kier alpha value is -1.66. The van der Waals surface area contributed by atoms with Crippen molar-refractivity contribution >= 4 is 17.2 Å². The summed E-state index contributed by atoms with van der Waals surface area (Å²) >= 11 is 1.51. The number of aryl methyl sites for hydroxylation is 2. The van der Waals surface area contributed by atoms with Crippen LogP contribution in [0.1, 0.15) is 46.8 Å². The zero-order valence-corrected chi connectivity index (χ0v) is 13.7. The number of hydrogen-bond acceptors (Lipinski definition) is 4. The highest BCUT2D eigenvalue weighted by Crippen LogP contribution is 2.28. The minimum absolute atomic E-state index is 0.000492. The molecule has 2 aromatic heterocycles. The number of amides is 1. The molecule has 0 radical (unpaired) electrons. The quantitative estimate of drug-likeness (QED) is 0.942. The van der Waals surface area contributed by atoms with E-state index in [9.17, 15) is 4.79 Å². The van der Waals surface area contributed by atoms with Gasteiger partial charge in [0.1, 0.15) is 6.10 Å². The minimum Gasteiger partial charge on any atom is -0.372 e. The molecular formula is C16H21N3O2S. The van der Waals surface area contributed by atoms with Crippen LogP contribution in [0.25, 0.3) is 0 Å². The van der Waals surface area contributed by atoms with Gasteiger partial charge < -0.3 is 14.6 Å². The largest absolute Gasteiger partial charge is 0.372 e. The maximum Gasteiger partial charge on any atom is 0.261 e. The Bertz CT molecular complexity index is 649. The van der Waals surface area contributed by atoms with E-state index in [1.807, 2.05) is 29.3 Å². The SMILES string of the molecule is CCc1ccsc1C(=O)NC1CCOC(c2cncn2C)C1. The number of nitrogens with zero attached hydrogens (tertiary/aromatic N) is 2. The Balaban J connectivity index is 1.65. The molecule has 1 amide bonds. The lowest BCUT2D eigenvalue weighted by molar-refractivity contribution is -0.00299. The van der Waals surface area contributed by atoms with Crippen LogP contribution in [0.3, 0.4) is 0 Å². The van der Waals surface area contributed by atoms with Crippen molar-refractivity contribution in [1.82, 2.24) is 14.9 Å². The molecule has 6 heteroatoms. The van der Waals surface area contributed by atoms with Crippen molar-refractivity contribution < 1.29 is 9.53 Å². The van der Waals surface area contributed by atoms with Crippen LogP contribution in [-0.2, 0) is 18.2 Å². The molecule has 22 heavy (non-hydrogen) atoms. The Kier molecular flexibility index (Phi) is 4.59. The van der Waals surface area contributed by atoms with Crippen molar-refractivity contribution in [2.24, 2.45) is 7.05 Å². The Labute approximate surface area is 134 Å². The van der Waals surface area contributed by atoms with E-state index in [0.29, 0.717) is 6.61 Å². The van der Waals surface area contributed by atoms with Crippen LogP contribution in [-0.4, -0.2) is 28.1 Å². The van der Waals surface area contributed by atoms with E-state index in [4.69, 9.17) is 4.74 Å². The summed E-state index contributed by atoms with van der Waals surface area (Å²) in [4.78, 5) is 17.4. The molecule has 0 aromatic carbocycles. The van der Waals surface area contributed by atoms with Crippen LogP contribution < -0.4 is 5.32 Å². The molecule has 1 saturated heterocycles. The van der Waals surface area contributed by atoms with Crippen LogP contribution in [0.15, 0.2) is 24.0 Å². The number of aromatic nitrogens is 2. The number of rotatable bonds is 4. The highest BCUT2D eigenvalue weighted by atomic mass is 32.1. The van der Waals surface area contributed by atoms with E-state index in [-0.39, 0.29) is 18.1 Å². The monoisotopic (exact) mass is 319 g/mol. The average molecular weight is 319 g/mol. The molecule has 0 saturated carbocycles. The van der Waals surface area contributed by atoms with Gasteiger partial charge in [0.05, 0.1) is 23.1 Å². The summed E-state index contributed by atoms with van der Waals surface area (Å²) in [6.45, 7) is 2.73. The van der Waals surface area contributed by atoms with Gasteiger partial charge in [-0.25, -0.2) is 4.98 Å². The highest BCUT2D eigenvalue weighted by Gasteiger charge is 2.27. The van der Waals surface area contributed by atoms with E-state index in [1.165, 1.54) is 11.3 Å². The van der Waals surface area contributed by atoms with E-state index in [1.54, 1.807) is 6.33 Å². The lowest BCUT2D eigenvalue weighted by Gasteiger charge is -2.30. The second-order valence-corrected chi connectivity index (χ2v) is 6.53. The molecule has 1 N–H and O–H groups in total. The Morgan fingerprint density at radius 1 is 1.59 bits per heavy atom.